The van der Waals surface area contributed by atoms with Crippen LogP contribution in [0.5, 0.6) is 0 Å². The highest BCUT2D eigenvalue weighted by Crippen LogP contribution is 2.28. The van der Waals surface area contributed by atoms with Crippen LogP contribution in [0.1, 0.15) is 53.8 Å². The van der Waals surface area contributed by atoms with E-state index in [1.54, 1.807) is 30.8 Å². The molecule has 0 bridgehead atoms. The summed E-state index contributed by atoms with van der Waals surface area (Å²) in [6.07, 6.45) is 7.76. The summed E-state index contributed by atoms with van der Waals surface area (Å²) in [7, 11) is 3.53. The molecule has 3 rings (SSSR count). The minimum absolute atomic E-state index is 0.0278. The van der Waals surface area contributed by atoms with Gasteiger partial charge in [0.05, 0.1) is 0 Å². The van der Waals surface area contributed by atoms with Gasteiger partial charge in [0.2, 0.25) is 5.16 Å². The van der Waals surface area contributed by atoms with Gasteiger partial charge in [-0.3, -0.25) is 9.89 Å². The Kier molecular flexibility index (Phi) is 6.13. The Morgan fingerprint density at radius 3 is 2.64 bits per heavy atom. The third kappa shape index (κ3) is 5.08. The number of nitrogens with one attached hydrogen (secondary N) is 1. The molecule has 0 spiro atoms. The quantitative estimate of drug-likeness (QED) is 0.762. The summed E-state index contributed by atoms with van der Waals surface area (Å²) in [5.74, 6) is 2.71. The number of thioether (sulfide) groups is 1. The van der Waals surface area contributed by atoms with Gasteiger partial charge in [-0.1, -0.05) is 49.6 Å². The van der Waals surface area contributed by atoms with Crippen molar-refractivity contribution in [3.8, 4) is 0 Å². The van der Waals surface area contributed by atoms with Gasteiger partial charge in [0, 0.05) is 31.8 Å². The van der Waals surface area contributed by atoms with Crippen molar-refractivity contribution in [2.45, 2.75) is 49.4 Å². The molecule has 1 aromatic carbocycles. The third-order valence-corrected chi connectivity index (χ3v) is 5.67. The number of aromatic amines is 1. The van der Waals surface area contributed by atoms with Crippen molar-refractivity contribution in [1.82, 2.24) is 20.1 Å². The second-order valence-electron chi connectivity index (χ2n) is 6.94. The summed E-state index contributed by atoms with van der Waals surface area (Å²) < 4.78 is 0. The molecule has 2 aromatic rings. The molecule has 1 N–H and O–H groups in total. The van der Waals surface area contributed by atoms with Crippen molar-refractivity contribution in [1.29, 1.82) is 0 Å². The molecule has 6 heteroatoms. The lowest BCUT2D eigenvalue weighted by Gasteiger charge is -2.10. The highest BCUT2D eigenvalue weighted by atomic mass is 32.2. The molecule has 1 aromatic heterocycles. The van der Waals surface area contributed by atoms with E-state index in [9.17, 15) is 4.79 Å². The van der Waals surface area contributed by atoms with Crippen LogP contribution < -0.4 is 0 Å². The normalized spacial score (nSPS) is 14.8. The molecule has 0 saturated heterocycles. The first-order chi connectivity index (χ1) is 12.1. The fraction of sp³-hybridized carbons (Fsp3) is 0.526. The highest BCUT2D eigenvalue weighted by Gasteiger charge is 2.15. The molecule has 1 heterocycles. The zero-order valence-corrected chi connectivity index (χ0v) is 15.8. The molecule has 0 radical (unpaired) electrons. The molecular weight excluding hydrogens is 332 g/mol. The van der Waals surface area contributed by atoms with E-state index in [1.807, 2.05) is 24.3 Å². The van der Waals surface area contributed by atoms with E-state index >= 15 is 0 Å². The number of hydrogen-bond acceptors (Lipinski definition) is 4. The number of aryl methyl sites for hydroxylation is 1. The molecule has 134 valence electrons. The summed E-state index contributed by atoms with van der Waals surface area (Å²) in [6.45, 7) is 0. The lowest BCUT2D eigenvalue weighted by Crippen LogP contribution is -2.21. The van der Waals surface area contributed by atoms with Crippen molar-refractivity contribution in [3.63, 3.8) is 0 Å². The van der Waals surface area contributed by atoms with Crippen LogP contribution in [0.25, 0.3) is 0 Å². The molecule has 1 saturated carbocycles. The number of benzene rings is 1. The summed E-state index contributed by atoms with van der Waals surface area (Å²) in [5, 5.41) is 8.18. The van der Waals surface area contributed by atoms with Crippen LogP contribution in [0.4, 0.5) is 0 Å². The van der Waals surface area contributed by atoms with Crippen LogP contribution in [0.3, 0.4) is 0 Å². The van der Waals surface area contributed by atoms with Gasteiger partial charge in [-0.2, -0.15) is 0 Å². The largest absolute Gasteiger partial charge is 0.345 e. The molecule has 1 fully saturated rings. The van der Waals surface area contributed by atoms with Gasteiger partial charge in [0.1, 0.15) is 5.82 Å². The van der Waals surface area contributed by atoms with Crippen molar-refractivity contribution in [2.75, 3.05) is 14.1 Å². The number of carbonyl (C=O) groups excluding carboxylic acids is 1. The molecule has 1 aliphatic rings. The van der Waals surface area contributed by atoms with Gasteiger partial charge in [-0.15, -0.1) is 5.10 Å². The van der Waals surface area contributed by atoms with E-state index in [0.717, 1.165) is 34.6 Å². The molecular formula is C19H26N4OS. The first-order valence-corrected chi connectivity index (χ1v) is 9.95. The van der Waals surface area contributed by atoms with E-state index in [2.05, 4.69) is 15.2 Å². The number of hydrogen-bond donors (Lipinski definition) is 1. The number of aromatic nitrogens is 3. The van der Waals surface area contributed by atoms with Gasteiger partial charge < -0.3 is 4.90 Å². The van der Waals surface area contributed by atoms with Crippen LogP contribution in [0, 0.1) is 5.92 Å². The predicted octanol–water partition coefficient (Wildman–Crippen LogP) is 3.92. The van der Waals surface area contributed by atoms with E-state index in [1.165, 1.54) is 32.1 Å². The lowest BCUT2D eigenvalue weighted by molar-refractivity contribution is 0.0827. The van der Waals surface area contributed by atoms with Crippen molar-refractivity contribution < 1.29 is 4.79 Å². The minimum Gasteiger partial charge on any atom is -0.345 e. The van der Waals surface area contributed by atoms with E-state index < -0.39 is 0 Å². The molecule has 25 heavy (non-hydrogen) atoms. The van der Waals surface area contributed by atoms with E-state index in [-0.39, 0.29) is 5.91 Å². The fourth-order valence-corrected chi connectivity index (χ4v) is 4.02. The SMILES string of the molecule is CN(C)C(=O)c1ccc(CSc2n[nH]c(CCC3CCCC3)n2)cc1. The van der Waals surface area contributed by atoms with Crippen LogP contribution in [-0.2, 0) is 12.2 Å². The smallest absolute Gasteiger partial charge is 0.253 e. The second kappa shape index (κ2) is 8.52. The van der Waals surface area contributed by atoms with Crippen LogP contribution in [0.15, 0.2) is 29.4 Å². The maximum atomic E-state index is 11.9. The molecule has 5 nitrogen and oxygen atoms in total. The van der Waals surface area contributed by atoms with Gasteiger partial charge >= 0.3 is 0 Å². The summed E-state index contributed by atoms with van der Waals surface area (Å²) in [6, 6.07) is 7.75. The number of carbonyl (C=O) groups is 1. The Labute approximate surface area is 153 Å². The Balaban J connectivity index is 1.47. The first-order valence-electron chi connectivity index (χ1n) is 8.96. The fourth-order valence-electron chi connectivity index (χ4n) is 3.24. The molecule has 1 aliphatic carbocycles. The van der Waals surface area contributed by atoms with Crippen molar-refractivity contribution in [2.24, 2.45) is 5.92 Å². The molecule has 0 atom stereocenters. The Morgan fingerprint density at radius 1 is 1.24 bits per heavy atom. The Bertz CT molecular complexity index is 690. The minimum atomic E-state index is 0.0278. The van der Waals surface area contributed by atoms with Crippen molar-refractivity contribution in [3.05, 3.63) is 41.2 Å². The monoisotopic (exact) mass is 358 g/mol. The van der Waals surface area contributed by atoms with Crippen LogP contribution in [0.2, 0.25) is 0 Å². The average Bonchev–Trinajstić information content (AvgIpc) is 3.29. The third-order valence-electron chi connectivity index (χ3n) is 4.75. The number of nitrogens with zero attached hydrogens (tertiary/aromatic N) is 3. The topological polar surface area (TPSA) is 61.9 Å². The molecule has 0 aliphatic heterocycles. The summed E-state index contributed by atoms with van der Waals surface area (Å²) in [4.78, 5) is 18.1. The first kappa shape index (κ1) is 18.0. The Hall–Kier alpha value is -1.82. The van der Waals surface area contributed by atoms with Gasteiger partial charge in [0.25, 0.3) is 5.91 Å². The molecule has 1 amide bonds. The zero-order chi connectivity index (χ0) is 17.6. The average molecular weight is 359 g/mol. The van der Waals surface area contributed by atoms with Crippen molar-refractivity contribution >= 4 is 17.7 Å². The zero-order valence-electron chi connectivity index (χ0n) is 15.0. The number of amides is 1. The maximum absolute atomic E-state index is 11.9. The van der Waals surface area contributed by atoms with E-state index in [0.29, 0.717) is 5.56 Å². The maximum Gasteiger partial charge on any atom is 0.253 e. The van der Waals surface area contributed by atoms with Gasteiger partial charge in [0.15, 0.2) is 0 Å². The summed E-state index contributed by atoms with van der Waals surface area (Å²) >= 11 is 1.62. The lowest BCUT2D eigenvalue weighted by atomic mass is 10.0. The van der Waals surface area contributed by atoms with E-state index in [4.69, 9.17) is 0 Å². The van der Waals surface area contributed by atoms with Crippen LogP contribution >= 0.6 is 11.8 Å². The number of H-pyrrole nitrogens is 1. The second-order valence-corrected chi connectivity index (χ2v) is 7.88. The highest BCUT2D eigenvalue weighted by molar-refractivity contribution is 7.98. The standard InChI is InChI=1S/C19H26N4OS/c1-23(2)18(24)16-10-7-15(8-11-16)13-25-19-20-17(21-22-19)12-9-14-5-3-4-6-14/h7-8,10-11,14H,3-6,9,12-13H2,1-2H3,(H,20,21,22). The van der Waals surface area contributed by atoms with Crippen LogP contribution in [-0.4, -0.2) is 40.1 Å². The Morgan fingerprint density at radius 2 is 1.96 bits per heavy atom. The van der Waals surface area contributed by atoms with Gasteiger partial charge in [-0.25, -0.2) is 4.98 Å². The number of rotatable bonds is 7. The summed E-state index contributed by atoms with van der Waals surface area (Å²) in [5.41, 5.74) is 1.88. The van der Waals surface area contributed by atoms with Gasteiger partial charge in [-0.05, 0) is 30.0 Å². The molecule has 0 unspecified atom stereocenters. The predicted molar refractivity (Wildman–Crippen MR) is 101 cm³/mol.